The van der Waals surface area contributed by atoms with E-state index in [9.17, 15) is 9.90 Å². The first kappa shape index (κ1) is 20.2. The van der Waals surface area contributed by atoms with Crippen molar-refractivity contribution >= 4 is 28.4 Å². The van der Waals surface area contributed by atoms with Gasteiger partial charge in [0.1, 0.15) is 11.5 Å². The van der Waals surface area contributed by atoms with Crippen LogP contribution in [0.5, 0.6) is 11.6 Å². The van der Waals surface area contributed by atoms with E-state index in [0.717, 1.165) is 5.56 Å². The Balaban J connectivity index is 1.65. The third-order valence-electron chi connectivity index (χ3n) is 4.50. The highest BCUT2D eigenvalue weighted by Crippen LogP contribution is 2.25. The lowest BCUT2D eigenvalue weighted by Crippen LogP contribution is -2.16. The maximum Gasteiger partial charge on any atom is 0.238 e. The number of halogens is 1. The fourth-order valence-electron chi connectivity index (χ4n) is 2.76. The lowest BCUT2D eigenvalue weighted by Gasteiger charge is -2.13. The van der Waals surface area contributed by atoms with Crippen LogP contribution in [0.2, 0.25) is 5.02 Å². The van der Waals surface area contributed by atoms with Crippen LogP contribution in [0.25, 0.3) is 11.0 Å². The molecule has 0 amide bonds. The first-order valence-electron chi connectivity index (χ1n) is 8.98. The van der Waals surface area contributed by atoms with Gasteiger partial charge in [-0.15, -0.1) is 0 Å². The Bertz CT molecular complexity index is 962. The molecule has 3 aromatic rings. The van der Waals surface area contributed by atoms with Crippen molar-refractivity contribution in [1.82, 2.24) is 9.97 Å². The minimum Gasteiger partial charge on any atom is -0.437 e. The van der Waals surface area contributed by atoms with Crippen LogP contribution in [0.3, 0.4) is 0 Å². The van der Waals surface area contributed by atoms with E-state index < -0.39 is 6.10 Å². The smallest absolute Gasteiger partial charge is 0.238 e. The first-order chi connectivity index (χ1) is 13.5. The number of aliphatic hydroxyl groups is 2. The SMILES string of the molecule is CC(C(=O)CCC(O)CO)c1ccc(Oc2cnc3cc(Cl)ccc3n2)cc1. The highest BCUT2D eigenvalue weighted by atomic mass is 35.5. The van der Waals surface area contributed by atoms with E-state index in [0.29, 0.717) is 27.7 Å². The van der Waals surface area contributed by atoms with Gasteiger partial charge in [-0.1, -0.05) is 30.7 Å². The summed E-state index contributed by atoms with van der Waals surface area (Å²) in [6.07, 6.45) is 1.15. The lowest BCUT2D eigenvalue weighted by atomic mass is 9.93. The Labute approximate surface area is 167 Å². The molecular formula is C21H21ClN2O4. The van der Waals surface area contributed by atoms with E-state index in [1.54, 1.807) is 30.3 Å². The number of nitrogens with zero attached hydrogens (tertiary/aromatic N) is 2. The maximum absolute atomic E-state index is 12.2. The second kappa shape index (κ2) is 9.10. The summed E-state index contributed by atoms with van der Waals surface area (Å²) >= 11 is 5.95. The second-order valence-electron chi connectivity index (χ2n) is 6.58. The van der Waals surface area contributed by atoms with Crippen LogP contribution in [0.1, 0.15) is 31.2 Å². The van der Waals surface area contributed by atoms with Crippen molar-refractivity contribution in [3.05, 3.63) is 59.2 Å². The van der Waals surface area contributed by atoms with Gasteiger partial charge in [0.25, 0.3) is 0 Å². The summed E-state index contributed by atoms with van der Waals surface area (Å²) in [5.41, 5.74) is 2.23. The average molecular weight is 401 g/mol. The summed E-state index contributed by atoms with van der Waals surface area (Å²) < 4.78 is 5.75. The molecule has 0 aliphatic carbocycles. The Kier molecular flexibility index (Phi) is 6.57. The van der Waals surface area contributed by atoms with Gasteiger partial charge in [-0.3, -0.25) is 4.79 Å². The molecule has 0 spiro atoms. The van der Waals surface area contributed by atoms with Crippen LogP contribution in [-0.4, -0.2) is 38.7 Å². The molecule has 0 saturated carbocycles. The van der Waals surface area contributed by atoms with E-state index in [-0.39, 0.29) is 31.1 Å². The van der Waals surface area contributed by atoms with Crippen molar-refractivity contribution in [1.29, 1.82) is 0 Å². The lowest BCUT2D eigenvalue weighted by molar-refractivity contribution is -0.120. The predicted molar refractivity (Wildman–Crippen MR) is 107 cm³/mol. The van der Waals surface area contributed by atoms with Gasteiger partial charge >= 0.3 is 0 Å². The number of carbonyl (C=O) groups is 1. The fraction of sp³-hybridized carbons (Fsp3) is 0.286. The molecule has 1 heterocycles. The normalized spacial score (nSPS) is 13.3. The number of carbonyl (C=O) groups excluding carboxylic acids is 1. The third kappa shape index (κ3) is 5.04. The van der Waals surface area contributed by atoms with Crippen LogP contribution in [0, 0.1) is 0 Å². The number of ether oxygens (including phenoxy) is 1. The molecule has 146 valence electrons. The largest absolute Gasteiger partial charge is 0.437 e. The number of aliphatic hydroxyl groups excluding tert-OH is 2. The van der Waals surface area contributed by atoms with Gasteiger partial charge in [-0.05, 0) is 42.3 Å². The molecule has 0 bridgehead atoms. The molecule has 0 fully saturated rings. The summed E-state index contributed by atoms with van der Waals surface area (Å²) in [5, 5.41) is 18.8. The van der Waals surface area contributed by atoms with Gasteiger partial charge < -0.3 is 14.9 Å². The van der Waals surface area contributed by atoms with Crippen molar-refractivity contribution in [3.8, 4) is 11.6 Å². The molecule has 2 unspecified atom stereocenters. The summed E-state index contributed by atoms with van der Waals surface area (Å²) in [7, 11) is 0. The van der Waals surface area contributed by atoms with E-state index in [2.05, 4.69) is 9.97 Å². The van der Waals surface area contributed by atoms with Gasteiger partial charge in [0.15, 0.2) is 0 Å². The molecule has 28 heavy (non-hydrogen) atoms. The standard InChI is InChI=1S/C21H21ClN2O4/c1-13(20(27)9-5-16(26)12-25)14-2-6-17(7-3-14)28-21-11-23-19-10-15(22)4-8-18(19)24-21/h2-4,6-8,10-11,13,16,25-26H,5,9,12H2,1H3. The van der Waals surface area contributed by atoms with Crippen LogP contribution < -0.4 is 4.74 Å². The molecule has 0 aliphatic rings. The maximum atomic E-state index is 12.2. The zero-order chi connectivity index (χ0) is 20.1. The van der Waals surface area contributed by atoms with Gasteiger partial charge in [0.05, 0.1) is 29.9 Å². The number of hydrogen-bond acceptors (Lipinski definition) is 6. The number of benzene rings is 2. The Morgan fingerprint density at radius 3 is 2.64 bits per heavy atom. The number of hydrogen-bond donors (Lipinski definition) is 2. The van der Waals surface area contributed by atoms with E-state index in [1.165, 1.54) is 6.20 Å². The molecule has 7 heteroatoms. The van der Waals surface area contributed by atoms with Crippen LogP contribution in [0.4, 0.5) is 0 Å². The highest BCUT2D eigenvalue weighted by molar-refractivity contribution is 6.31. The number of rotatable bonds is 8. The quantitative estimate of drug-likeness (QED) is 0.596. The van der Waals surface area contributed by atoms with Gasteiger partial charge in [-0.2, -0.15) is 0 Å². The molecular weight excluding hydrogens is 380 g/mol. The Morgan fingerprint density at radius 2 is 1.93 bits per heavy atom. The summed E-state index contributed by atoms with van der Waals surface area (Å²) in [6, 6.07) is 12.5. The predicted octanol–water partition coefficient (Wildman–Crippen LogP) is 3.88. The molecule has 2 atom stereocenters. The molecule has 1 aromatic heterocycles. The molecule has 6 nitrogen and oxygen atoms in total. The Morgan fingerprint density at radius 1 is 1.18 bits per heavy atom. The van der Waals surface area contributed by atoms with Gasteiger partial charge in [0, 0.05) is 17.4 Å². The summed E-state index contributed by atoms with van der Waals surface area (Å²) in [4.78, 5) is 20.9. The minimum atomic E-state index is -0.856. The number of Topliss-reactive ketones (excluding diaryl/α,β-unsaturated/α-hetero) is 1. The van der Waals surface area contributed by atoms with Crippen molar-refractivity contribution < 1.29 is 19.7 Å². The van der Waals surface area contributed by atoms with Crippen molar-refractivity contribution in [2.75, 3.05) is 6.61 Å². The van der Waals surface area contributed by atoms with Gasteiger partial charge in [-0.25, -0.2) is 9.97 Å². The summed E-state index contributed by atoms with van der Waals surface area (Å²) in [5.74, 6) is 0.664. The Hall–Kier alpha value is -2.54. The van der Waals surface area contributed by atoms with Crippen molar-refractivity contribution in [3.63, 3.8) is 0 Å². The van der Waals surface area contributed by atoms with E-state index in [4.69, 9.17) is 21.4 Å². The molecule has 2 N–H and O–H groups in total. The topological polar surface area (TPSA) is 92.5 Å². The molecule has 2 aromatic carbocycles. The average Bonchev–Trinajstić information content (AvgIpc) is 2.71. The van der Waals surface area contributed by atoms with Gasteiger partial charge in [0.2, 0.25) is 5.88 Å². The summed E-state index contributed by atoms with van der Waals surface area (Å²) in [6.45, 7) is 1.49. The highest BCUT2D eigenvalue weighted by Gasteiger charge is 2.16. The van der Waals surface area contributed by atoms with E-state index >= 15 is 0 Å². The number of aromatic nitrogens is 2. The first-order valence-corrected chi connectivity index (χ1v) is 9.36. The van der Waals surface area contributed by atoms with Crippen LogP contribution in [0.15, 0.2) is 48.7 Å². The molecule has 0 radical (unpaired) electrons. The zero-order valence-corrected chi connectivity index (χ0v) is 16.1. The molecule has 0 aliphatic heterocycles. The van der Waals surface area contributed by atoms with Crippen molar-refractivity contribution in [2.24, 2.45) is 0 Å². The second-order valence-corrected chi connectivity index (χ2v) is 7.01. The monoisotopic (exact) mass is 400 g/mol. The fourth-order valence-corrected chi connectivity index (χ4v) is 2.93. The van der Waals surface area contributed by atoms with Crippen molar-refractivity contribution in [2.45, 2.75) is 31.8 Å². The zero-order valence-electron chi connectivity index (χ0n) is 15.4. The van der Waals surface area contributed by atoms with Crippen LogP contribution >= 0.6 is 11.6 Å². The van der Waals surface area contributed by atoms with Crippen LogP contribution in [-0.2, 0) is 4.79 Å². The number of fused-ring (bicyclic) bond motifs is 1. The van der Waals surface area contributed by atoms with E-state index in [1.807, 2.05) is 19.1 Å². The molecule has 0 saturated heterocycles. The third-order valence-corrected chi connectivity index (χ3v) is 4.74. The number of ketones is 1. The molecule has 3 rings (SSSR count). The minimum absolute atomic E-state index is 0.0141.